The minimum Gasteiger partial charge on any atom is -0.322 e. The van der Waals surface area contributed by atoms with Crippen molar-refractivity contribution in [3.63, 3.8) is 0 Å². The number of anilines is 1. The third kappa shape index (κ3) is 2.38. The number of nitrogens with one attached hydrogen (secondary N) is 1. The molecule has 0 saturated carbocycles. The minimum atomic E-state index is -0.159. The van der Waals surface area contributed by atoms with Gasteiger partial charge in [-0.05, 0) is 31.2 Å². The number of aromatic nitrogens is 3. The molecule has 5 heteroatoms. The van der Waals surface area contributed by atoms with Crippen LogP contribution in [0.3, 0.4) is 0 Å². The molecular formula is C15H14N4O. The lowest BCUT2D eigenvalue weighted by molar-refractivity contribution is 0.102. The zero-order valence-corrected chi connectivity index (χ0v) is 11.1. The van der Waals surface area contributed by atoms with Crippen molar-refractivity contribution in [2.75, 3.05) is 5.32 Å². The lowest BCUT2D eigenvalue weighted by Crippen LogP contribution is -2.11. The molecule has 1 aromatic carbocycles. The molecular weight excluding hydrogens is 252 g/mol. The third-order valence-electron chi connectivity index (χ3n) is 3.08. The molecule has 3 rings (SSSR count). The van der Waals surface area contributed by atoms with Crippen LogP contribution in [0, 0.1) is 0 Å². The lowest BCUT2D eigenvalue weighted by Gasteiger charge is -2.04. The minimum absolute atomic E-state index is 0.159. The predicted molar refractivity (Wildman–Crippen MR) is 77.6 cm³/mol. The molecule has 0 unspecified atom stereocenters. The maximum atomic E-state index is 12.1. The molecule has 0 aliphatic carbocycles. The Morgan fingerprint density at radius 1 is 1.35 bits per heavy atom. The van der Waals surface area contributed by atoms with Crippen molar-refractivity contribution in [3.05, 3.63) is 54.5 Å². The Hall–Kier alpha value is -2.69. The summed E-state index contributed by atoms with van der Waals surface area (Å²) in [4.78, 5) is 16.3. The fourth-order valence-corrected chi connectivity index (χ4v) is 2.01. The van der Waals surface area contributed by atoms with Crippen LogP contribution in [0.5, 0.6) is 0 Å². The van der Waals surface area contributed by atoms with Gasteiger partial charge in [0.1, 0.15) is 0 Å². The second kappa shape index (κ2) is 5.13. The Bertz CT molecular complexity index is 763. The van der Waals surface area contributed by atoms with E-state index < -0.39 is 0 Å². The van der Waals surface area contributed by atoms with Crippen molar-refractivity contribution in [1.29, 1.82) is 0 Å². The summed E-state index contributed by atoms with van der Waals surface area (Å²) in [5, 5.41) is 7.96. The maximum Gasteiger partial charge on any atom is 0.258 e. The normalized spacial score (nSPS) is 10.7. The quantitative estimate of drug-likeness (QED) is 0.793. The van der Waals surface area contributed by atoms with Gasteiger partial charge < -0.3 is 5.32 Å². The number of carbonyl (C=O) groups excluding carboxylic acids is 1. The SMILES string of the molecule is CCn1cc(C(=O)Nc2ccc3ncccc3c2)cn1. The number of amides is 1. The first-order valence-electron chi connectivity index (χ1n) is 6.45. The van der Waals surface area contributed by atoms with Crippen LogP contribution in [-0.4, -0.2) is 20.7 Å². The molecule has 20 heavy (non-hydrogen) atoms. The van der Waals surface area contributed by atoms with Crippen LogP contribution in [0.4, 0.5) is 5.69 Å². The smallest absolute Gasteiger partial charge is 0.258 e. The second-order valence-electron chi connectivity index (χ2n) is 4.45. The topological polar surface area (TPSA) is 59.8 Å². The number of hydrogen-bond acceptors (Lipinski definition) is 3. The van der Waals surface area contributed by atoms with Gasteiger partial charge in [0.2, 0.25) is 0 Å². The molecule has 2 aromatic heterocycles. The van der Waals surface area contributed by atoms with Gasteiger partial charge in [0.05, 0.1) is 17.3 Å². The summed E-state index contributed by atoms with van der Waals surface area (Å²) in [5.41, 5.74) is 2.21. The number of hydrogen-bond donors (Lipinski definition) is 1. The van der Waals surface area contributed by atoms with Crippen LogP contribution in [0.25, 0.3) is 10.9 Å². The first kappa shape index (κ1) is 12.3. The van der Waals surface area contributed by atoms with Crippen LogP contribution >= 0.6 is 0 Å². The number of pyridine rings is 1. The van der Waals surface area contributed by atoms with Crippen LogP contribution in [0.2, 0.25) is 0 Å². The Morgan fingerprint density at radius 2 is 2.25 bits per heavy atom. The molecule has 5 nitrogen and oxygen atoms in total. The highest BCUT2D eigenvalue weighted by atomic mass is 16.1. The van der Waals surface area contributed by atoms with Gasteiger partial charge in [-0.25, -0.2) is 0 Å². The zero-order chi connectivity index (χ0) is 13.9. The first-order chi connectivity index (χ1) is 9.76. The van der Waals surface area contributed by atoms with Crippen molar-refractivity contribution in [3.8, 4) is 0 Å². The van der Waals surface area contributed by atoms with Crippen LogP contribution in [0.15, 0.2) is 48.9 Å². The highest BCUT2D eigenvalue weighted by Gasteiger charge is 2.08. The number of benzene rings is 1. The van der Waals surface area contributed by atoms with Crippen molar-refractivity contribution < 1.29 is 4.79 Å². The Morgan fingerprint density at radius 3 is 3.05 bits per heavy atom. The van der Waals surface area contributed by atoms with Gasteiger partial charge in [0.25, 0.3) is 5.91 Å². The van der Waals surface area contributed by atoms with Crippen LogP contribution < -0.4 is 5.32 Å². The van der Waals surface area contributed by atoms with E-state index in [4.69, 9.17) is 0 Å². The van der Waals surface area contributed by atoms with Crippen LogP contribution in [-0.2, 0) is 6.54 Å². The van der Waals surface area contributed by atoms with E-state index in [0.29, 0.717) is 5.56 Å². The average Bonchev–Trinajstić information content (AvgIpc) is 2.96. The fourth-order valence-electron chi connectivity index (χ4n) is 2.01. The summed E-state index contributed by atoms with van der Waals surface area (Å²) >= 11 is 0. The number of carbonyl (C=O) groups is 1. The Kier molecular flexibility index (Phi) is 3.16. The van der Waals surface area contributed by atoms with E-state index in [2.05, 4.69) is 15.4 Å². The molecule has 1 N–H and O–H groups in total. The number of fused-ring (bicyclic) bond motifs is 1. The van der Waals surface area contributed by atoms with Gasteiger partial charge in [-0.3, -0.25) is 14.5 Å². The van der Waals surface area contributed by atoms with E-state index in [-0.39, 0.29) is 5.91 Å². The molecule has 2 heterocycles. The summed E-state index contributed by atoms with van der Waals surface area (Å²) in [5.74, 6) is -0.159. The van der Waals surface area contributed by atoms with Gasteiger partial charge in [-0.1, -0.05) is 6.07 Å². The van der Waals surface area contributed by atoms with Crippen LogP contribution in [0.1, 0.15) is 17.3 Å². The molecule has 0 spiro atoms. The predicted octanol–water partition coefficient (Wildman–Crippen LogP) is 2.70. The van der Waals surface area contributed by atoms with Crippen molar-refractivity contribution in [1.82, 2.24) is 14.8 Å². The summed E-state index contributed by atoms with van der Waals surface area (Å²) < 4.78 is 1.72. The fraction of sp³-hybridized carbons (Fsp3) is 0.133. The average molecular weight is 266 g/mol. The zero-order valence-electron chi connectivity index (χ0n) is 11.1. The van der Waals surface area contributed by atoms with E-state index in [1.807, 2.05) is 37.3 Å². The highest BCUT2D eigenvalue weighted by molar-refractivity contribution is 6.04. The molecule has 3 aromatic rings. The van der Waals surface area contributed by atoms with Gasteiger partial charge in [-0.15, -0.1) is 0 Å². The second-order valence-corrected chi connectivity index (χ2v) is 4.45. The van der Waals surface area contributed by atoms with Crippen molar-refractivity contribution in [2.45, 2.75) is 13.5 Å². The van der Waals surface area contributed by atoms with E-state index in [1.165, 1.54) is 0 Å². The molecule has 0 atom stereocenters. The van der Waals surface area contributed by atoms with Gasteiger partial charge in [0, 0.05) is 30.0 Å². The molecule has 0 aliphatic rings. The largest absolute Gasteiger partial charge is 0.322 e. The molecule has 100 valence electrons. The van der Waals surface area contributed by atoms with Gasteiger partial charge >= 0.3 is 0 Å². The standard InChI is InChI=1S/C15H14N4O/c1-2-19-10-12(9-17-19)15(20)18-13-5-6-14-11(8-13)4-3-7-16-14/h3-10H,2H2,1H3,(H,18,20). The van der Waals surface area contributed by atoms with E-state index in [9.17, 15) is 4.79 Å². The highest BCUT2D eigenvalue weighted by Crippen LogP contribution is 2.17. The molecule has 0 aliphatic heterocycles. The van der Waals surface area contributed by atoms with Gasteiger partial charge in [-0.2, -0.15) is 5.10 Å². The number of rotatable bonds is 3. The van der Waals surface area contributed by atoms with Crippen molar-refractivity contribution in [2.24, 2.45) is 0 Å². The Balaban J connectivity index is 1.83. The summed E-state index contributed by atoms with van der Waals surface area (Å²) in [7, 11) is 0. The lowest BCUT2D eigenvalue weighted by atomic mass is 10.2. The molecule has 0 bridgehead atoms. The van der Waals surface area contributed by atoms with Crippen molar-refractivity contribution >= 4 is 22.5 Å². The number of nitrogens with zero attached hydrogens (tertiary/aromatic N) is 3. The summed E-state index contributed by atoms with van der Waals surface area (Å²) in [6, 6.07) is 9.48. The molecule has 0 fully saturated rings. The maximum absolute atomic E-state index is 12.1. The first-order valence-corrected chi connectivity index (χ1v) is 6.45. The third-order valence-corrected chi connectivity index (χ3v) is 3.08. The molecule has 0 radical (unpaired) electrons. The van der Waals surface area contributed by atoms with E-state index in [0.717, 1.165) is 23.1 Å². The summed E-state index contributed by atoms with van der Waals surface area (Å²) in [6.45, 7) is 2.72. The number of aryl methyl sites for hydroxylation is 1. The van der Waals surface area contributed by atoms with E-state index in [1.54, 1.807) is 23.3 Å². The summed E-state index contributed by atoms with van der Waals surface area (Å²) in [6.07, 6.45) is 5.05. The molecule has 0 saturated heterocycles. The molecule has 1 amide bonds. The van der Waals surface area contributed by atoms with Gasteiger partial charge in [0.15, 0.2) is 0 Å². The Labute approximate surface area is 116 Å². The van der Waals surface area contributed by atoms with E-state index >= 15 is 0 Å². The monoisotopic (exact) mass is 266 g/mol.